The molecule has 18 heavy (non-hydrogen) atoms. The van der Waals surface area contributed by atoms with Gasteiger partial charge in [-0.15, -0.1) is 0 Å². The van der Waals surface area contributed by atoms with Crippen molar-refractivity contribution in [3.05, 3.63) is 23.8 Å². The van der Waals surface area contributed by atoms with Gasteiger partial charge in [-0.25, -0.2) is 0 Å². The van der Waals surface area contributed by atoms with E-state index in [4.69, 9.17) is 9.47 Å². The van der Waals surface area contributed by atoms with E-state index in [-0.39, 0.29) is 0 Å². The van der Waals surface area contributed by atoms with Crippen molar-refractivity contribution < 1.29 is 9.47 Å². The van der Waals surface area contributed by atoms with Gasteiger partial charge in [0, 0.05) is 0 Å². The molecular formula is C15H25NO2. The molecule has 1 rings (SSSR count). The minimum Gasteiger partial charge on any atom is -0.493 e. The number of ether oxygens (including phenoxy) is 2. The van der Waals surface area contributed by atoms with E-state index in [2.05, 4.69) is 25.2 Å². The van der Waals surface area contributed by atoms with Gasteiger partial charge in [0.1, 0.15) is 0 Å². The molecule has 0 radical (unpaired) electrons. The van der Waals surface area contributed by atoms with Crippen LogP contribution in [0.15, 0.2) is 18.2 Å². The Balaban J connectivity index is 2.37. The average molecular weight is 251 g/mol. The van der Waals surface area contributed by atoms with Crippen LogP contribution in [0, 0.1) is 0 Å². The Morgan fingerprint density at radius 1 is 1.11 bits per heavy atom. The van der Waals surface area contributed by atoms with Gasteiger partial charge in [0.15, 0.2) is 11.5 Å². The van der Waals surface area contributed by atoms with Crippen molar-refractivity contribution in [2.75, 3.05) is 26.8 Å². The zero-order valence-electron chi connectivity index (χ0n) is 11.8. The van der Waals surface area contributed by atoms with Gasteiger partial charge in [0.25, 0.3) is 0 Å². The zero-order valence-corrected chi connectivity index (χ0v) is 11.8. The molecule has 3 nitrogen and oxygen atoms in total. The molecule has 0 spiro atoms. The topological polar surface area (TPSA) is 30.5 Å². The highest BCUT2D eigenvalue weighted by molar-refractivity contribution is 5.42. The first-order chi connectivity index (χ1) is 8.81. The van der Waals surface area contributed by atoms with Gasteiger partial charge in [-0.2, -0.15) is 0 Å². The van der Waals surface area contributed by atoms with Crippen molar-refractivity contribution >= 4 is 0 Å². The molecule has 0 heterocycles. The van der Waals surface area contributed by atoms with Crippen molar-refractivity contribution in [2.24, 2.45) is 0 Å². The van der Waals surface area contributed by atoms with Crippen LogP contribution in [0.2, 0.25) is 0 Å². The summed E-state index contributed by atoms with van der Waals surface area (Å²) in [4.78, 5) is 0. The molecule has 0 aliphatic carbocycles. The number of benzene rings is 1. The molecule has 0 unspecified atom stereocenters. The second-order valence-corrected chi connectivity index (χ2v) is 4.29. The first-order valence-electron chi connectivity index (χ1n) is 6.82. The van der Waals surface area contributed by atoms with Gasteiger partial charge in [-0.05, 0) is 50.0 Å². The highest BCUT2D eigenvalue weighted by Crippen LogP contribution is 2.28. The summed E-state index contributed by atoms with van der Waals surface area (Å²) in [6.07, 6.45) is 3.20. The number of hydrogen-bond acceptors (Lipinski definition) is 3. The molecule has 0 aromatic heterocycles. The molecule has 0 aliphatic rings. The summed E-state index contributed by atoms with van der Waals surface area (Å²) in [5.74, 6) is 1.67. The van der Waals surface area contributed by atoms with Crippen LogP contribution in [0.1, 0.15) is 32.3 Å². The standard InChI is InChI=1S/C15H25NO2/c1-4-9-16-10-6-11-18-14-8-7-13(5-2)12-15(14)17-3/h7-8,12,16H,4-6,9-11H2,1-3H3. The normalized spacial score (nSPS) is 10.4. The maximum atomic E-state index is 5.74. The third kappa shape index (κ3) is 4.96. The van der Waals surface area contributed by atoms with Gasteiger partial charge >= 0.3 is 0 Å². The molecule has 0 fully saturated rings. The predicted molar refractivity (Wildman–Crippen MR) is 75.6 cm³/mol. The monoisotopic (exact) mass is 251 g/mol. The van der Waals surface area contributed by atoms with Crippen LogP contribution >= 0.6 is 0 Å². The maximum Gasteiger partial charge on any atom is 0.161 e. The molecule has 0 saturated heterocycles. The largest absolute Gasteiger partial charge is 0.493 e. The van der Waals surface area contributed by atoms with Crippen LogP contribution in [0.3, 0.4) is 0 Å². The molecule has 102 valence electrons. The SMILES string of the molecule is CCCNCCCOc1ccc(CC)cc1OC. The van der Waals surface area contributed by atoms with E-state index in [1.807, 2.05) is 12.1 Å². The lowest BCUT2D eigenvalue weighted by Crippen LogP contribution is -2.18. The molecule has 1 N–H and O–H groups in total. The molecule has 0 saturated carbocycles. The van der Waals surface area contributed by atoms with Crippen LogP contribution in [-0.4, -0.2) is 26.8 Å². The van der Waals surface area contributed by atoms with Crippen molar-refractivity contribution in [3.8, 4) is 11.5 Å². The minimum atomic E-state index is 0.721. The quantitative estimate of drug-likeness (QED) is 0.684. The lowest BCUT2D eigenvalue weighted by atomic mass is 10.1. The Kier molecular flexibility index (Phi) is 7.26. The summed E-state index contributed by atoms with van der Waals surface area (Å²) in [7, 11) is 1.68. The summed E-state index contributed by atoms with van der Waals surface area (Å²) >= 11 is 0. The third-order valence-corrected chi connectivity index (χ3v) is 2.82. The molecule has 0 amide bonds. The van der Waals surface area contributed by atoms with E-state index in [1.165, 1.54) is 12.0 Å². The van der Waals surface area contributed by atoms with Gasteiger partial charge in [0.05, 0.1) is 13.7 Å². The van der Waals surface area contributed by atoms with Crippen molar-refractivity contribution in [3.63, 3.8) is 0 Å². The fraction of sp³-hybridized carbons (Fsp3) is 0.600. The second-order valence-electron chi connectivity index (χ2n) is 4.29. The highest BCUT2D eigenvalue weighted by atomic mass is 16.5. The highest BCUT2D eigenvalue weighted by Gasteiger charge is 2.04. The van der Waals surface area contributed by atoms with Crippen molar-refractivity contribution in [1.82, 2.24) is 5.32 Å². The van der Waals surface area contributed by atoms with Crippen LogP contribution < -0.4 is 14.8 Å². The Morgan fingerprint density at radius 3 is 2.61 bits per heavy atom. The first kappa shape index (κ1) is 14.8. The molecule has 1 aromatic rings. The van der Waals surface area contributed by atoms with Crippen LogP contribution in [0.25, 0.3) is 0 Å². The number of methoxy groups -OCH3 is 1. The second kappa shape index (κ2) is 8.81. The summed E-state index contributed by atoms with van der Waals surface area (Å²) in [6, 6.07) is 6.13. The molecule has 0 atom stereocenters. The van der Waals surface area contributed by atoms with Crippen molar-refractivity contribution in [1.29, 1.82) is 0 Å². The molecular weight excluding hydrogens is 226 g/mol. The van der Waals surface area contributed by atoms with Crippen molar-refractivity contribution in [2.45, 2.75) is 33.1 Å². The Bertz CT molecular complexity index is 339. The summed E-state index contributed by atoms with van der Waals surface area (Å²) in [5, 5.41) is 3.36. The van der Waals surface area contributed by atoms with Crippen LogP contribution in [0.5, 0.6) is 11.5 Å². The number of hydrogen-bond donors (Lipinski definition) is 1. The van der Waals surface area contributed by atoms with Gasteiger partial charge in [-0.1, -0.05) is 19.9 Å². The molecule has 1 aromatic carbocycles. The van der Waals surface area contributed by atoms with Crippen LogP contribution in [0.4, 0.5) is 0 Å². The van der Waals surface area contributed by atoms with E-state index in [1.54, 1.807) is 7.11 Å². The van der Waals surface area contributed by atoms with Gasteiger partial charge < -0.3 is 14.8 Å². The summed E-state index contributed by atoms with van der Waals surface area (Å²) in [6.45, 7) is 7.11. The Hall–Kier alpha value is -1.22. The first-order valence-corrected chi connectivity index (χ1v) is 6.82. The van der Waals surface area contributed by atoms with Crippen LogP contribution in [-0.2, 0) is 6.42 Å². The number of rotatable bonds is 9. The van der Waals surface area contributed by atoms with E-state index >= 15 is 0 Å². The molecule has 0 bridgehead atoms. The lowest BCUT2D eigenvalue weighted by molar-refractivity contribution is 0.287. The Labute approximate surface area is 110 Å². The predicted octanol–water partition coefficient (Wildman–Crippen LogP) is 3.03. The zero-order chi connectivity index (χ0) is 13.2. The minimum absolute atomic E-state index is 0.721. The summed E-state index contributed by atoms with van der Waals surface area (Å²) < 4.78 is 11.1. The van der Waals surface area contributed by atoms with E-state index in [0.717, 1.165) is 44.0 Å². The van der Waals surface area contributed by atoms with E-state index < -0.39 is 0 Å². The fourth-order valence-electron chi connectivity index (χ4n) is 1.73. The average Bonchev–Trinajstić information content (AvgIpc) is 2.42. The summed E-state index contributed by atoms with van der Waals surface area (Å²) in [5.41, 5.74) is 1.27. The lowest BCUT2D eigenvalue weighted by Gasteiger charge is -2.12. The molecule has 0 aliphatic heterocycles. The van der Waals surface area contributed by atoms with E-state index in [0.29, 0.717) is 0 Å². The smallest absolute Gasteiger partial charge is 0.161 e. The van der Waals surface area contributed by atoms with E-state index in [9.17, 15) is 0 Å². The maximum absolute atomic E-state index is 5.74. The Morgan fingerprint density at radius 2 is 1.94 bits per heavy atom. The fourth-order valence-corrected chi connectivity index (χ4v) is 1.73. The third-order valence-electron chi connectivity index (χ3n) is 2.82. The van der Waals surface area contributed by atoms with Gasteiger partial charge in [-0.3, -0.25) is 0 Å². The molecule has 3 heteroatoms. The number of aryl methyl sites for hydroxylation is 1. The van der Waals surface area contributed by atoms with Gasteiger partial charge in [0.2, 0.25) is 0 Å². The number of nitrogens with one attached hydrogen (secondary N) is 1.